The fourth-order valence-electron chi connectivity index (χ4n) is 1.33. The topological polar surface area (TPSA) is 0 Å². The molecule has 0 unspecified atom stereocenters. The van der Waals surface area contributed by atoms with Gasteiger partial charge in [0.15, 0.2) is 0 Å². The first-order chi connectivity index (χ1) is 4.12. The van der Waals surface area contributed by atoms with Gasteiger partial charge in [-0.05, 0) is 24.7 Å². The Morgan fingerprint density at radius 1 is 1.33 bits per heavy atom. The summed E-state index contributed by atoms with van der Waals surface area (Å²) in [5.41, 5.74) is 0.545. The first-order valence-electron chi connectivity index (χ1n) is 3.90. The standard InChI is InChI=1S/C9H19/c1-5-7-9(3,4)8-6-2/h5H,6-8H2,1-4H3. The minimum absolute atomic E-state index is 0.545. The molecule has 0 rings (SSSR count). The molecule has 0 saturated heterocycles. The molecule has 55 valence electrons. The Morgan fingerprint density at radius 3 is 2.22 bits per heavy atom. The van der Waals surface area contributed by atoms with Crippen LogP contribution in [-0.4, -0.2) is 0 Å². The summed E-state index contributed by atoms with van der Waals surface area (Å²) in [6.45, 7) is 9.04. The molecule has 0 N–H and O–H groups in total. The van der Waals surface area contributed by atoms with Gasteiger partial charge >= 0.3 is 0 Å². The third-order valence-corrected chi connectivity index (χ3v) is 1.68. The third-order valence-electron chi connectivity index (χ3n) is 1.68. The van der Waals surface area contributed by atoms with Crippen LogP contribution in [0.25, 0.3) is 0 Å². The number of hydrogen-bond donors (Lipinski definition) is 0. The van der Waals surface area contributed by atoms with E-state index in [1.807, 2.05) is 0 Å². The van der Waals surface area contributed by atoms with E-state index in [1.54, 1.807) is 0 Å². The summed E-state index contributed by atoms with van der Waals surface area (Å²) in [5, 5.41) is 0. The molecule has 9 heavy (non-hydrogen) atoms. The number of rotatable bonds is 4. The van der Waals surface area contributed by atoms with Crippen molar-refractivity contribution >= 4 is 0 Å². The zero-order chi connectivity index (χ0) is 7.33. The lowest BCUT2D eigenvalue weighted by Gasteiger charge is -2.22. The second-order valence-corrected chi connectivity index (χ2v) is 3.53. The first kappa shape index (κ1) is 9.00. The summed E-state index contributed by atoms with van der Waals surface area (Å²) in [7, 11) is 0. The summed E-state index contributed by atoms with van der Waals surface area (Å²) < 4.78 is 0. The van der Waals surface area contributed by atoms with Gasteiger partial charge in [-0.3, -0.25) is 0 Å². The van der Waals surface area contributed by atoms with E-state index in [0.717, 1.165) is 0 Å². The van der Waals surface area contributed by atoms with E-state index in [2.05, 4.69) is 34.1 Å². The van der Waals surface area contributed by atoms with Crippen molar-refractivity contribution in [1.82, 2.24) is 0 Å². The van der Waals surface area contributed by atoms with Gasteiger partial charge in [-0.2, -0.15) is 0 Å². The van der Waals surface area contributed by atoms with E-state index in [0.29, 0.717) is 5.41 Å². The fourth-order valence-corrected chi connectivity index (χ4v) is 1.33. The molecule has 0 aromatic rings. The highest BCUT2D eigenvalue weighted by Gasteiger charge is 2.13. The lowest BCUT2D eigenvalue weighted by Crippen LogP contribution is -2.09. The van der Waals surface area contributed by atoms with E-state index in [1.165, 1.54) is 19.3 Å². The van der Waals surface area contributed by atoms with Crippen LogP contribution in [0, 0.1) is 11.8 Å². The summed E-state index contributed by atoms with van der Waals surface area (Å²) >= 11 is 0. The van der Waals surface area contributed by atoms with Crippen LogP contribution in [0.3, 0.4) is 0 Å². The molecule has 0 atom stereocenters. The molecule has 0 bridgehead atoms. The summed E-state index contributed by atoms with van der Waals surface area (Å²) in [6.07, 6.45) is 6.16. The van der Waals surface area contributed by atoms with Gasteiger partial charge in [0.1, 0.15) is 0 Å². The van der Waals surface area contributed by atoms with E-state index in [9.17, 15) is 0 Å². The van der Waals surface area contributed by atoms with Crippen molar-refractivity contribution in [2.45, 2.75) is 47.0 Å². The average molecular weight is 127 g/mol. The molecule has 0 aliphatic heterocycles. The Bertz CT molecular complexity index is 54.4. The Balaban J connectivity index is 3.43. The zero-order valence-electron chi connectivity index (χ0n) is 7.20. The van der Waals surface area contributed by atoms with Gasteiger partial charge in [-0.1, -0.05) is 34.1 Å². The molecule has 0 heterocycles. The van der Waals surface area contributed by atoms with Crippen molar-refractivity contribution in [3.63, 3.8) is 0 Å². The van der Waals surface area contributed by atoms with Crippen LogP contribution in [0.1, 0.15) is 47.0 Å². The Labute approximate surface area is 59.7 Å². The molecule has 0 aromatic heterocycles. The fraction of sp³-hybridized carbons (Fsp3) is 0.889. The third kappa shape index (κ3) is 4.50. The first-order valence-corrected chi connectivity index (χ1v) is 3.90. The van der Waals surface area contributed by atoms with Gasteiger partial charge in [-0.25, -0.2) is 0 Å². The molecule has 0 aliphatic rings. The molecule has 0 nitrogen and oxygen atoms in total. The molecule has 0 amide bonds. The second-order valence-electron chi connectivity index (χ2n) is 3.53. The quantitative estimate of drug-likeness (QED) is 0.542. The van der Waals surface area contributed by atoms with Crippen LogP contribution in [0.2, 0.25) is 0 Å². The maximum atomic E-state index is 2.33. The molecule has 0 fully saturated rings. The Morgan fingerprint density at radius 2 is 1.89 bits per heavy atom. The highest BCUT2D eigenvalue weighted by molar-refractivity contribution is 4.73. The lowest BCUT2D eigenvalue weighted by molar-refractivity contribution is 0.326. The van der Waals surface area contributed by atoms with E-state index in [-0.39, 0.29) is 0 Å². The van der Waals surface area contributed by atoms with Crippen LogP contribution in [0.15, 0.2) is 0 Å². The SMILES string of the molecule is C[CH]CC(C)(C)CCC. The van der Waals surface area contributed by atoms with Crippen LogP contribution in [-0.2, 0) is 0 Å². The number of hydrogen-bond acceptors (Lipinski definition) is 0. The van der Waals surface area contributed by atoms with Crippen molar-refractivity contribution < 1.29 is 0 Å². The van der Waals surface area contributed by atoms with Crippen LogP contribution >= 0.6 is 0 Å². The normalized spacial score (nSPS) is 12.0. The zero-order valence-corrected chi connectivity index (χ0v) is 7.20. The van der Waals surface area contributed by atoms with Gasteiger partial charge in [0.05, 0.1) is 0 Å². The van der Waals surface area contributed by atoms with Crippen molar-refractivity contribution in [3.8, 4) is 0 Å². The highest BCUT2D eigenvalue weighted by Crippen LogP contribution is 2.26. The van der Waals surface area contributed by atoms with Crippen LogP contribution in [0.4, 0.5) is 0 Å². The highest BCUT2D eigenvalue weighted by atomic mass is 14.2. The van der Waals surface area contributed by atoms with Crippen molar-refractivity contribution in [1.29, 1.82) is 0 Å². The predicted molar refractivity (Wildman–Crippen MR) is 43.3 cm³/mol. The molecule has 0 aromatic carbocycles. The molecule has 0 aliphatic carbocycles. The van der Waals surface area contributed by atoms with Gasteiger partial charge in [0, 0.05) is 0 Å². The summed E-state index contributed by atoms with van der Waals surface area (Å²) in [5.74, 6) is 0. The molecule has 0 heteroatoms. The van der Waals surface area contributed by atoms with E-state index < -0.39 is 0 Å². The lowest BCUT2D eigenvalue weighted by atomic mass is 9.84. The maximum absolute atomic E-state index is 2.33. The van der Waals surface area contributed by atoms with E-state index >= 15 is 0 Å². The average Bonchev–Trinajstić information content (AvgIpc) is 1.64. The minimum atomic E-state index is 0.545. The van der Waals surface area contributed by atoms with E-state index in [4.69, 9.17) is 0 Å². The van der Waals surface area contributed by atoms with Gasteiger partial charge in [0.2, 0.25) is 0 Å². The monoisotopic (exact) mass is 127 g/mol. The van der Waals surface area contributed by atoms with Crippen LogP contribution in [0.5, 0.6) is 0 Å². The Hall–Kier alpha value is 0. The summed E-state index contributed by atoms with van der Waals surface area (Å²) in [6, 6.07) is 0. The smallest absolute Gasteiger partial charge is 0.0352 e. The maximum Gasteiger partial charge on any atom is -0.0352 e. The summed E-state index contributed by atoms with van der Waals surface area (Å²) in [4.78, 5) is 0. The van der Waals surface area contributed by atoms with Crippen LogP contribution < -0.4 is 0 Å². The molecule has 1 radical (unpaired) electrons. The molecule has 0 saturated carbocycles. The molecular weight excluding hydrogens is 108 g/mol. The molecule has 0 spiro atoms. The van der Waals surface area contributed by atoms with Gasteiger partial charge in [0.25, 0.3) is 0 Å². The molecular formula is C9H19. The van der Waals surface area contributed by atoms with Crippen molar-refractivity contribution in [2.75, 3.05) is 0 Å². The van der Waals surface area contributed by atoms with Crippen molar-refractivity contribution in [2.24, 2.45) is 5.41 Å². The predicted octanol–water partition coefficient (Wildman–Crippen LogP) is 3.43. The van der Waals surface area contributed by atoms with Gasteiger partial charge < -0.3 is 0 Å². The Kier molecular flexibility index (Phi) is 3.92. The largest absolute Gasteiger partial charge is 0.0654 e. The second kappa shape index (κ2) is 3.92. The van der Waals surface area contributed by atoms with Crippen molar-refractivity contribution in [3.05, 3.63) is 6.42 Å². The minimum Gasteiger partial charge on any atom is -0.0654 e. The van der Waals surface area contributed by atoms with Gasteiger partial charge in [-0.15, -0.1) is 0 Å².